The molecule has 1 N–H and O–H groups in total. The number of hydrogen-bond donors (Lipinski definition) is 1. The number of nitrogens with one attached hydrogen (secondary N) is 1. The summed E-state index contributed by atoms with van der Waals surface area (Å²) in [7, 11) is 2.53. The Morgan fingerprint density at radius 3 is 2.47 bits per heavy atom. The Morgan fingerprint density at radius 2 is 1.84 bits per heavy atom. The summed E-state index contributed by atoms with van der Waals surface area (Å²) >= 11 is 5.90. The maximum absolute atomic E-state index is 14.0. The van der Waals surface area contributed by atoms with Crippen LogP contribution in [0.3, 0.4) is 0 Å². The van der Waals surface area contributed by atoms with E-state index in [1.54, 1.807) is 30.3 Å². The van der Waals surface area contributed by atoms with E-state index >= 15 is 0 Å². The van der Waals surface area contributed by atoms with Gasteiger partial charge in [0.05, 0.1) is 25.8 Å². The van der Waals surface area contributed by atoms with Crippen molar-refractivity contribution >= 4 is 40.3 Å². The first kappa shape index (κ1) is 21.8. The number of rotatable bonds is 4. The van der Waals surface area contributed by atoms with E-state index in [0.717, 1.165) is 5.56 Å². The van der Waals surface area contributed by atoms with E-state index in [-0.39, 0.29) is 12.3 Å². The maximum Gasteiger partial charge on any atom is 0.337 e. The Labute approximate surface area is 188 Å². The molecule has 4 rings (SSSR count). The number of halogens is 2. The quantitative estimate of drug-likeness (QED) is 0.478. The predicted octanol–water partition coefficient (Wildman–Crippen LogP) is 3.35. The highest BCUT2D eigenvalue weighted by Gasteiger charge is 2.43. The van der Waals surface area contributed by atoms with Gasteiger partial charge in [-0.15, -0.1) is 11.6 Å². The minimum absolute atomic E-state index is 0.144. The summed E-state index contributed by atoms with van der Waals surface area (Å²) in [6, 6.07) is 9.19. The summed E-state index contributed by atoms with van der Waals surface area (Å²) in [5.41, 5.74) is 3.02. The predicted molar refractivity (Wildman–Crippen MR) is 115 cm³/mol. The number of H-pyrrole nitrogens is 1. The van der Waals surface area contributed by atoms with Gasteiger partial charge in [0.2, 0.25) is 5.91 Å². The van der Waals surface area contributed by atoms with Crippen LogP contribution >= 0.6 is 11.6 Å². The molecule has 32 heavy (non-hydrogen) atoms. The molecule has 0 saturated heterocycles. The second kappa shape index (κ2) is 8.63. The van der Waals surface area contributed by atoms with Gasteiger partial charge in [0.25, 0.3) is 0 Å². The third-order valence-corrected chi connectivity index (χ3v) is 5.94. The van der Waals surface area contributed by atoms with Crippen molar-refractivity contribution in [2.75, 3.05) is 20.1 Å². The number of hydrogen-bond acceptors (Lipinski definition) is 5. The van der Waals surface area contributed by atoms with Gasteiger partial charge >= 0.3 is 11.9 Å². The number of fused-ring (bicyclic) bond motifs is 3. The smallest absolute Gasteiger partial charge is 0.337 e. The van der Waals surface area contributed by atoms with Gasteiger partial charge in [0.1, 0.15) is 17.7 Å². The van der Waals surface area contributed by atoms with Gasteiger partial charge in [0.15, 0.2) is 0 Å². The summed E-state index contributed by atoms with van der Waals surface area (Å²) < 4.78 is 23.7. The monoisotopic (exact) mass is 458 g/mol. The number of aromatic nitrogens is 1. The van der Waals surface area contributed by atoms with E-state index in [9.17, 15) is 18.8 Å². The second-order valence-corrected chi connectivity index (χ2v) is 7.67. The van der Waals surface area contributed by atoms with Gasteiger partial charge in [-0.3, -0.25) is 4.79 Å². The van der Waals surface area contributed by atoms with Gasteiger partial charge in [-0.25, -0.2) is 14.0 Å². The van der Waals surface area contributed by atoms with Crippen LogP contribution in [0.25, 0.3) is 10.9 Å². The van der Waals surface area contributed by atoms with E-state index in [4.69, 9.17) is 21.1 Å². The van der Waals surface area contributed by atoms with Gasteiger partial charge in [0, 0.05) is 23.0 Å². The Bertz CT molecular complexity index is 1210. The fourth-order valence-corrected chi connectivity index (χ4v) is 4.41. The molecular formula is C23H20ClFN2O5. The van der Waals surface area contributed by atoms with Gasteiger partial charge < -0.3 is 19.4 Å². The number of amides is 1. The maximum atomic E-state index is 14.0. The molecule has 1 aliphatic rings. The highest BCUT2D eigenvalue weighted by Crippen LogP contribution is 2.41. The number of carbonyl (C=O) groups is 3. The number of ether oxygens (including phenoxy) is 2. The number of nitrogens with zero attached hydrogens (tertiary/aromatic N) is 1. The molecular weight excluding hydrogens is 439 g/mol. The summed E-state index contributed by atoms with van der Waals surface area (Å²) in [5, 5.41) is 0.628. The van der Waals surface area contributed by atoms with E-state index < -0.39 is 35.7 Å². The van der Waals surface area contributed by atoms with Crippen LogP contribution in [0.15, 0.2) is 42.5 Å². The van der Waals surface area contributed by atoms with E-state index in [1.165, 1.54) is 31.3 Å². The molecule has 2 aromatic carbocycles. The zero-order valence-electron chi connectivity index (χ0n) is 17.4. The Hall–Kier alpha value is -3.39. The third-order valence-electron chi connectivity index (χ3n) is 5.71. The van der Waals surface area contributed by atoms with Gasteiger partial charge in [-0.05, 0) is 41.5 Å². The lowest BCUT2D eigenvalue weighted by Gasteiger charge is -2.40. The fourth-order valence-electron chi connectivity index (χ4n) is 4.27. The third kappa shape index (κ3) is 3.60. The summed E-state index contributed by atoms with van der Waals surface area (Å²) in [6.07, 6.45) is 0.144. The van der Waals surface area contributed by atoms with Crippen molar-refractivity contribution in [1.82, 2.24) is 9.88 Å². The average molecular weight is 459 g/mol. The molecule has 0 radical (unpaired) electrons. The molecule has 3 aromatic rings. The van der Waals surface area contributed by atoms with Crippen LogP contribution in [0.4, 0.5) is 4.39 Å². The standard InChI is InChI=1S/C23H20ClFN2O5/c1-31-22(29)13-5-3-12(4-6-13)21-20-16(15-9-14(25)7-8-17(15)26-20)10-18(23(30)32-2)27(21)19(28)11-24/h3-9,18,21,26H,10-11H2,1-2H3/t18-,21-/m1/s1. The number of aromatic amines is 1. The highest BCUT2D eigenvalue weighted by molar-refractivity contribution is 6.27. The zero-order chi connectivity index (χ0) is 23.0. The minimum atomic E-state index is -0.952. The van der Waals surface area contributed by atoms with Crippen molar-refractivity contribution in [2.24, 2.45) is 0 Å². The minimum Gasteiger partial charge on any atom is -0.467 e. The number of carbonyl (C=O) groups excluding carboxylic acids is 3. The van der Waals surface area contributed by atoms with Crippen LogP contribution in [-0.2, 0) is 25.5 Å². The lowest BCUT2D eigenvalue weighted by Crippen LogP contribution is -2.52. The molecule has 2 atom stereocenters. The highest BCUT2D eigenvalue weighted by atomic mass is 35.5. The van der Waals surface area contributed by atoms with E-state index in [2.05, 4.69) is 4.98 Å². The molecule has 0 fully saturated rings. The topological polar surface area (TPSA) is 88.7 Å². The first-order valence-electron chi connectivity index (χ1n) is 9.82. The van der Waals surface area contributed by atoms with Gasteiger partial charge in [-0.1, -0.05) is 12.1 Å². The fraction of sp³-hybridized carbons (Fsp3) is 0.261. The van der Waals surface area contributed by atoms with Crippen molar-refractivity contribution < 1.29 is 28.2 Å². The van der Waals surface area contributed by atoms with Crippen LogP contribution in [-0.4, -0.2) is 53.9 Å². The van der Waals surface area contributed by atoms with Crippen molar-refractivity contribution in [3.63, 3.8) is 0 Å². The van der Waals surface area contributed by atoms with E-state index in [0.29, 0.717) is 27.7 Å². The summed E-state index contributed by atoms with van der Waals surface area (Å²) in [4.78, 5) is 42.1. The molecule has 7 nitrogen and oxygen atoms in total. The average Bonchev–Trinajstić information content (AvgIpc) is 3.18. The van der Waals surface area contributed by atoms with Crippen LogP contribution in [0.1, 0.15) is 33.2 Å². The Morgan fingerprint density at radius 1 is 1.12 bits per heavy atom. The molecule has 0 unspecified atom stereocenters. The molecule has 1 aliphatic heterocycles. The molecule has 166 valence electrons. The number of methoxy groups -OCH3 is 2. The molecule has 0 bridgehead atoms. The first-order chi connectivity index (χ1) is 15.4. The lowest BCUT2D eigenvalue weighted by molar-refractivity contribution is -0.154. The molecule has 1 aromatic heterocycles. The molecule has 0 saturated carbocycles. The Balaban J connectivity index is 1.94. The lowest BCUT2D eigenvalue weighted by atomic mass is 9.87. The van der Waals surface area contributed by atoms with Crippen LogP contribution in [0, 0.1) is 5.82 Å². The SMILES string of the molecule is COC(=O)c1ccc([C@@H]2c3[nH]c4ccc(F)cc4c3C[C@H](C(=O)OC)N2C(=O)CCl)cc1. The summed E-state index contributed by atoms with van der Waals surface area (Å²) in [5.74, 6) is -2.31. The molecule has 9 heteroatoms. The van der Waals surface area contributed by atoms with Crippen LogP contribution < -0.4 is 0 Å². The van der Waals surface area contributed by atoms with Crippen LogP contribution in [0.5, 0.6) is 0 Å². The molecule has 0 aliphatic carbocycles. The van der Waals surface area contributed by atoms with Crippen molar-refractivity contribution in [3.8, 4) is 0 Å². The van der Waals surface area contributed by atoms with Crippen molar-refractivity contribution in [3.05, 3.63) is 70.7 Å². The number of alkyl halides is 1. The van der Waals surface area contributed by atoms with Crippen molar-refractivity contribution in [2.45, 2.75) is 18.5 Å². The first-order valence-corrected chi connectivity index (χ1v) is 10.4. The number of benzene rings is 2. The molecule has 0 spiro atoms. The van der Waals surface area contributed by atoms with E-state index in [1.807, 2.05) is 0 Å². The van der Waals surface area contributed by atoms with Gasteiger partial charge in [-0.2, -0.15) is 0 Å². The normalized spacial score (nSPS) is 17.7. The largest absolute Gasteiger partial charge is 0.467 e. The summed E-state index contributed by atoms with van der Waals surface area (Å²) in [6.45, 7) is 0. The van der Waals surface area contributed by atoms with Crippen LogP contribution in [0.2, 0.25) is 0 Å². The second-order valence-electron chi connectivity index (χ2n) is 7.40. The Kier molecular flexibility index (Phi) is 5.88. The van der Waals surface area contributed by atoms with Crippen molar-refractivity contribution in [1.29, 1.82) is 0 Å². The number of esters is 2. The zero-order valence-corrected chi connectivity index (χ0v) is 18.1. The molecule has 2 heterocycles. The molecule has 1 amide bonds.